The van der Waals surface area contributed by atoms with Crippen molar-refractivity contribution in [3.05, 3.63) is 11.8 Å². The van der Waals surface area contributed by atoms with Gasteiger partial charge < -0.3 is 15.4 Å². The quantitative estimate of drug-likeness (QED) is 0.859. The van der Waals surface area contributed by atoms with Crippen molar-refractivity contribution < 1.29 is 4.74 Å². The topological polar surface area (TPSA) is 67.5 Å². The summed E-state index contributed by atoms with van der Waals surface area (Å²) in [5.41, 5.74) is 6.85. The monoisotopic (exact) mass is 279 g/mol. The zero-order valence-corrected chi connectivity index (χ0v) is 12.7. The Morgan fingerprint density at radius 2 is 2.15 bits per heavy atom. The standard InChI is InChI=1S/C14H25N5O/c1-4-12-9-16-14(15)17-13(12)18(3)10-11(2)19-5-7-20-8-6-19/h9,11H,4-8,10H2,1-3H3,(H2,15,16,17). The van der Waals surface area contributed by atoms with Crippen LogP contribution >= 0.6 is 0 Å². The highest BCUT2D eigenvalue weighted by molar-refractivity contribution is 5.48. The molecule has 2 N–H and O–H groups in total. The van der Waals surface area contributed by atoms with E-state index >= 15 is 0 Å². The average molecular weight is 279 g/mol. The SMILES string of the molecule is CCc1cnc(N)nc1N(C)CC(C)N1CCOCC1. The van der Waals surface area contributed by atoms with E-state index in [1.165, 1.54) is 0 Å². The zero-order chi connectivity index (χ0) is 14.5. The van der Waals surface area contributed by atoms with E-state index in [0.29, 0.717) is 12.0 Å². The van der Waals surface area contributed by atoms with E-state index < -0.39 is 0 Å². The highest BCUT2D eigenvalue weighted by Gasteiger charge is 2.20. The van der Waals surface area contributed by atoms with Gasteiger partial charge in [0.15, 0.2) is 0 Å². The summed E-state index contributed by atoms with van der Waals surface area (Å²) < 4.78 is 5.40. The van der Waals surface area contributed by atoms with Crippen molar-refractivity contribution in [3.63, 3.8) is 0 Å². The molecule has 6 heteroatoms. The summed E-state index contributed by atoms with van der Waals surface area (Å²) >= 11 is 0. The van der Waals surface area contributed by atoms with Gasteiger partial charge in [0.25, 0.3) is 0 Å². The van der Waals surface area contributed by atoms with E-state index in [1.807, 2.05) is 6.20 Å². The summed E-state index contributed by atoms with van der Waals surface area (Å²) in [5.74, 6) is 1.28. The van der Waals surface area contributed by atoms with Crippen LogP contribution in [0.3, 0.4) is 0 Å². The van der Waals surface area contributed by atoms with Gasteiger partial charge in [0.1, 0.15) is 5.82 Å². The first kappa shape index (κ1) is 15.0. The van der Waals surface area contributed by atoms with E-state index in [0.717, 1.165) is 50.7 Å². The van der Waals surface area contributed by atoms with Crippen molar-refractivity contribution in [3.8, 4) is 0 Å². The molecule has 0 bridgehead atoms. The lowest BCUT2D eigenvalue weighted by atomic mass is 10.2. The van der Waals surface area contributed by atoms with Crippen molar-refractivity contribution in [1.82, 2.24) is 14.9 Å². The Morgan fingerprint density at radius 1 is 1.45 bits per heavy atom. The third kappa shape index (κ3) is 3.58. The highest BCUT2D eigenvalue weighted by atomic mass is 16.5. The molecular formula is C14H25N5O. The lowest BCUT2D eigenvalue weighted by Gasteiger charge is -2.35. The Bertz CT molecular complexity index is 434. The minimum Gasteiger partial charge on any atom is -0.379 e. The van der Waals surface area contributed by atoms with E-state index in [-0.39, 0.29) is 0 Å². The van der Waals surface area contributed by atoms with Crippen LogP contribution in [0.25, 0.3) is 0 Å². The number of hydrogen-bond donors (Lipinski definition) is 1. The van der Waals surface area contributed by atoms with Gasteiger partial charge in [0.05, 0.1) is 13.2 Å². The Kier molecular flexibility index (Phi) is 5.14. The van der Waals surface area contributed by atoms with Gasteiger partial charge in [-0.1, -0.05) is 6.92 Å². The van der Waals surface area contributed by atoms with Crippen LogP contribution in [-0.4, -0.2) is 60.8 Å². The van der Waals surface area contributed by atoms with Crippen molar-refractivity contribution in [2.24, 2.45) is 0 Å². The van der Waals surface area contributed by atoms with Gasteiger partial charge in [0, 0.05) is 44.5 Å². The summed E-state index contributed by atoms with van der Waals surface area (Å²) in [6, 6.07) is 0.463. The number of hydrogen-bond acceptors (Lipinski definition) is 6. The molecule has 1 aromatic heterocycles. The smallest absolute Gasteiger partial charge is 0.221 e. The summed E-state index contributed by atoms with van der Waals surface area (Å²) in [4.78, 5) is 13.1. The Morgan fingerprint density at radius 3 is 2.80 bits per heavy atom. The minimum atomic E-state index is 0.336. The first-order valence-electron chi connectivity index (χ1n) is 7.26. The minimum absolute atomic E-state index is 0.336. The third-order valence-corrected chi connectivity index (χ3v) is 3.81. The molecule has 112 valence electrons. The molecule has 20 heavy (non-hydrogen) atoms. The van der Waals surface area contributed by atoms with Crippen LogP contribution in [0.2, 0.25) is 0 Å². The molecule has 2 rings (SSSR count). The van der Waals surface area contributed by atoms with Gasteiger partial charge in [-0.3, -0.25) is 4.90 Å². The van der Waals surface area contributed by atoms with Crippen LogP contribution < -0.4 is 10.6 Å². The second kappa shape index (κ2) is 6.85. The number of aromatic nitrogens is 2. The number of nitrogen functional groups attached to an aromatic ring is 1. The number of nitrogens with two attached hydrogens (primary N) is 1. The molecule has 0 aliphatic carbocycles. The molecule has 1 saturated heterocycles. The van der Waals surface area contributed by atoms with Crippen molar-refractivity contribution in [2.45, 2.75) is 26.3 Å². The molecular weight excluding hydrogens is 254 g/mol. The van der Waals surface area contributed by atoms with E-state index in [9.17, 15) is 0 Å². The molecule has 1 atom stereocenters. The molecule has 1 aromatic rings. The van der Waals surface area contributed by atoms with Crippen LogP contribution in [0.4, 0.5) is 11.8 Å². The Hall–Kier alpha value is -1.40. The number of aryl methyl sites for hydroxylation is 1. The fraction of sp³-hybridized carbons (Fsp3) is 0.714. The van der Waals surface area contributed by atoms with Crippen LogP contribution in [0.5, 0.6) is 0 Å². The van der Waals surface area contributed by atoms with Gasteiger partial charge in [-0.25, -0.2) is 4.98 Å². The first-order chi connectivity index (χ1) is 9.61. The predicted molar refractivity (Wildman–Crippen MR) is 80.9 cm³/mol. The van der Waals surface area contributed by atoms with Gasteiger partial charge in [-0.2, -0.15) is 4.98 Å². The van der Waals surface area contributed by atoms with Gasteiger partial charge in [-0.15, -0.1) is 0 Å². The predicted octanol–water partition coefficient (Wildman–Crippen LogP) is 0.778. The molecule has 0 amide bonds. The van der Waals surface area contributed by atoms with Crippen LogP contribution in [0, 0.1) is 0 Å². The number of morpholine rings is 1. The van der Waals surface area contributed by atoms with Crippen LogP contribution in [-0.2, 0) is 11.2 Å². The Balaban J connectivity index is 2.03. The van der Waals surface area contributed by atoms with Crippen molar-refractivity contribution >= 4 is 11.8 Å². The zero-order valence-electron chi connectivity index (χ0n) is 12.7. The lowest BCUT2D eigenvalue weighted by molar-refractivity contribution is 0.0217. The highest BCUT2D eigenvalue weighted by Crippen LogP contribution is 2.18. The van der Waals surface area contributed by atoms with Gasteiger partial charge in [-0.05, 0) is 13.3 Å². The maximum absolute atomic E-state index is 5.72. The molecule has 1 aliphatic heterocycles. The summed E-state index contributed by atoms with van der Waals surface area (Å²) in [6.07, 6.45) is 2.74. The third-order valence-electron chi connectivity index (χ3n) is 3.81. The first-order valence-corrected chi connectivity index (χ1v) is 7.26. The molecule has 0 radical (unpaired) electrons. The van der Waals surface area contributed by atoms with E-state index in [2.05, 4.69) is 40.7 Å². The summed E-state index contributed by atoms with van der Waals surface area (Å²) in [7, 11) is 2.07. The molecule has 2 heterocycles. The molecule has 0 saturated carbocycles. The second-order valence-corrected chi connectivity index (χ2v) is 5.31. The van der Waals surface area contributed by atoms with Gasteiger partial charge in [0.2, 0.25) is 5.95 Å². The summed E-state index contributed by atoms with van der Waals surface area (Å²) in [6.45, 7) is 8.94. The van der Waals surface area contributed by atoms with Crippen LogP contribution in [0.15, 0.2) is 6.20 Å². The second-order valence-electron chi connectivity index (χ2n) is 5.31. The maximum atomic E-state index is 5.72. The normalized spacial score (nSPS) is 17.9. The molecule has 6 nitrogen and oxygen atoms in total. The van der Waals surface area contributed by atoms with Crippen LogP contribution in [0.1, 0.15) is 19.4 Å². The number of likely N-dealkylation sites (N-methyl/N-ethyl adjacent to an activating group) is 1. The summed E-state index contributed by atoms with van der Waals surface area (Å²) in [5, 5.41) is 0. The largest absolute Gasteiger partial charge is 0.379 e. The number of rotatable bonds is 5. The fourth-order valence-corrected chi connectivity index (χ4v) is 2.61. The van der Waals surface area contributed by atoms with E-state index in [1.54, 1.807) is 0 Å². The number of ether oxygens (including phenoxy) is 1. The molecule has 0 aromatic carbocycles. The molecule has 1 fully saturated rings. The molecule has 1 unspecified atom stereocenters. The lowest BCUT2D eigenvalue weighted by Crippen LogP contribution is -2.47. The van der Waals surface area contributed by atoms with Gasteiger partial charge >= 0.3 is 0 Å². The average Bonchev–Trinajstić information content (AvgIpc) is 2.48. The molecule has 1 aliphatic rings. The van der Waals surface area contributed by atoms with E-state index in [4.69, 9.17) is 10.5 Å². The van der Waals surface area contributed by atoms with Crippen molar-refractivity contribution in [2.75, 3.05) is 50.5 Å². The Labute approximate surface area is 120 Å². The number of anilines is 2. The maximum Gasteiger partial charge on any atom is 0.221 e. The fourth-order valence-electron chi connectivity index (χ4n) is 2.61. The van der Waals surface area contributed by atoms with Crippen molar-refractivity contribution in [1.29, 1.82) is 0 Å². The molecule has 0 spiro atoms. The number of nitrogens with zero attached hydrogens (tertiary/aromatic N) is 4.